The average Bonchev–Trinajstić information content (AvgIpc) is 2.77. The van der Waals surface area contributed by atoms with E-state index < -0.39 is 0 Å². The summed E-state index contributed by atoms with van der Waals surface area (Å²) in [5, 5.41) is 7.23. The van der Waals surface area contributed by atoms with E-state index in [1.807, 2.05) is 12.1 Å². The van der Waals surface area contributed by atoms with E-state index in [0.29, 0.717) is 16.5 Å². The smallest absolute Gasteiger partial charge is 0.227 e. The summed E-state index contributed by atoms with van der Waals surface area (Å²) in [6.45, 7) is 0.274. The fourth-order valence-corrected chi connectivity index (χ4v) is 1.72. The lowest BCUT2D eigenvalue weighted by Gasteiger charge is -2.07. The number of amides is 1. The Morgan fingerprint density at radius 3 is 2.95 bits per heavy atom. The molecule has 0 saturated carbocycles. The van der Waals surface area contributed by atoms with Crippen molar-refractivity contribution in [2.75, 3.05) is 11.9 Å². The zero-order valence-electron chi connectivity index (χ0n) is 10.5. The van der Waals surface area contributed by atoms with Gasteiger partial charge in [-0.1, -0.05) is 23.7 Å². The van der Waals surface area contributed by atoms with Crippen LogP contribution in [-0.4, -0.2) is 22.3 Å². The minimum absolute atomic E-state index is 0.125. The monoisotopic (exact) mass is 279 g/mol. The maximum absolute atomic E-state index is 11.6. The molecule has 0 bridgehead atoms. The minimum Gasteiger partial charge on any atom is -0.491 e. The van der Waals surface area contributed by atoms with Gasteiger partial charge in [-0.25, -0.2) is 0 Å². The highest BCUT2D eigenvalue weighted by Crippen LogP contribution is 2.23. The fourth-order valence-electron chi connectivity index (χ4n) is 1.52. The average molecular weight is 280 g/mol. The van der Waals surface area contributed by atoms with Crippen LogP contribution < -0.4 is 10.1 Å². The lowest BCUT2D eigenvalue weighted by atomic mass is 10.3. The van der Waals surface area contributed by atoms with Gasteiger partial charge in [-0.05, 0) is 12.1 Å². The number of nitrogens with zero attached hydrogens (tertiary/aromatic N) is 2. The van der Waals surface area contributed by atoms with E-state index in [-0.39, 0.29) is 18.9 Å². The van der Waals surface area contributed by atoms with E-state index >= 15 is 0 Å². The van der Waals surface area contributed by atoms with Gasteiger partial charge in [-0.15, -0.1) is 0 Å². The van der Waals surface area contributed by atoms with E-state index in [1.165, 1.54) is 0 Å². The number of anilines is 1. The van der Waals surface area contributed by atoms with E-state index in [4.69, 9.17) is 16.3 Å². The zero-order chi connectivity index (χ0) is 13.7. The van der Waals surface area contributed by atoms with Crippen LogP contribution in [0.25, 0.3) is 0 Å². The maximum Gasteiger partial charge on any atom is 0.227 e. The van der Waals surface area contributed by atoms with E-state index in [9.17, 15) is 4.79 Å². The van der Waals surface area contributed by atoms with Crippen molar-refractivity contribution in [2.45, 2.75) is 6.42 Å². The number of aryl methyl sites for hydroxylation is 1. The number of carbonyl (C=O) groups is 1. The summed E-state index contributed by atoms with van der Waals surface area (Å²) in [6.07, 6.45) is 3.57. The Kier molecular flexibility index (Phi) is 4.41. The van der Waals surface area contributed by atoms with Crippen molar-refractivity contribution in [3.05, 3.63) is 41.7 Å². The molecule has 0 spiro atoms. The molecule has 19 heavy (non-hydrogen) atoms. The highest BCUT2D eigenvalue weighted by atomic mass is 35.5. The second-order valence-corrected chi connectivity index (χ2v) is 4.39. The number of rotatable bonds is 5. The van der Waals surface area contributed by atoms with Gasteiger partial charge in [0.15, 0.2) is 0 Å². The summed E-state index contributed by atoms with van der Waals surface area (Å²) in [4.78, 5) is 11.6. The topological polar surface area (TPSA) is 56.2 Å². The molecule has 5 nitrogen and oxygen atoms in total. The van der Waals surface area contributed by atoms with Crippen molar-refractivity contribution >= 4 is 23.2 Å². The molecule has 1 amide bonds. The standard InChI is InChI=1S/C13H14ClN3O2/c1-17-9-10(8-15-17)16-13(18)6-7-19-12-5-3-2-4-11(12)14/h2-5,8-9H,6-7H2,1H3,(H,16,18). The van der Waals surface area contributed by atoms with Gasteiger partial charge < -0.3 is 10.1 Å². The van der Waals surface area contributed by atoms with E-state index in [2.05, 4.69) is 10.4 Å². The molecule has 6 heteroatoms. The molecule has 0 atom stereocenters. The molecule has 0 fully saturated rings. The lowest BCUT2D eigenvalue weighted by molar-refractivity contribution is -0.116. The number of para-hydroxylation sites is 1. The normalized spacial score (nSPS) is 10.2. The Labute approximate surface area is 116 Å². The van der Waals surface area contributed by atoms with Crippen molar-refractivity contribution in [1.29, 1.82) is 0 Å². The summed E-state index contributed by atoms with van der Waals surface area (Å²) in [6, 6.07) is 7.16. The van der Waals surface area contributed by atoms with Crippen LogP contribution in [0.5, 0.6) is 5.75 Å². The van der Waals surface area contributed by atoms with Crippen LogP contribution in [0.1, 0.15) is 6.42 Å². The van der Waals surface area contributed by atoms with Gasteiger partial charge in [-0.2, -0.15) is 5.10 Å². The molecule has 0 radical (unpaired) electrons. The van der Waals surface area contributed by atoms with Gasteiger partial charge in [0.1, 0.15) is 5.75 Å². The van der Waals surface area contributed by atoms with Crippen LogP contribution >= 0.6 is 11.6 Å². The number of hydrogen-bond acceptors (Lipinski definition) is 3. The summed E-state index contributed by atoms with van der Waals surface area (Å²) < 4.78 is 7.06. The van der Waals surface area contributed by atoms with Crippen molar-refractivity contribution in [3.8, 4) is 5.75 Å². The molecule has 2 aromatic rings. The molecule has 2 rings (SSSR count). The lowest BCUT2D eigenvalue weighted by Crippen LogP contribution is -2.14. The number of ether oxygens (including phenoxy) is 1. The Hall–Kier alpha value is -2.01. The first-order chi connectivity index (χ1) is 9.15. The number of hydrogen-bond donors (Lipinski definition) is 1. The first kappa shape index (κ1) is 13.4. The van der Waals surface area contributed by atoms with Crippen LogP contribution in [0.2, 0.25) is 5.02 Å². The van der Waals surface area contributed by atoms with Gasteiger partial charge in [-0.3, -0.25) is 9.48 Å². The summed E-state index contributed by atoms with van der Waals surface area (Å²) in [7, 11) is 1.79. The van der Waals surface area contributed by atoms with Gasteiger partial charge in [0.05, 0.1) is 29.9 Å². The van der Waals surface area contributed by atoms with E-state index in [0.717, 1.165) is 0 Å². The molecule has 1 heterocycles. The molecule has 0 aliphatic rings. The molecule has 0 unspecified atom stereocenters. The summed E-state index contributed by atoms with van der Waals surface area (Å²) in [5.74, 6) is 0.457. The van der Waals surface area contributed by atoms with Gasteiger partial charge in [0, 0.05) is 13.2 Å². The van der Waals surface area contributed by atoms with Crippen molar-refractivity contribution in [3.63, 3.8) is 0 Å². The second kappa shape index (κ2) is 6.24. The Morgan fingerprint density at radius 1 is 1.47 bits per heavy atom. The fraction of sp³-hybridized carbons (Fsp3) is 0.231. The Bertz CT molecular complexity index is 569. The summed E-state index contributed by atoms with van der Waals surface area (Å²) in [5.41, 5.74) is 0.672. The largest absolute Gasteiger partial charge is 0.491 e. The van der Waals surface area contributed by atoms with Crippen LogP contribution in [0.15, 0.2) is 36.7 Å². The SMILES string of the molecule is Cn1cc(NC(=O)CCOc2ccccc2Cl)cn1. The number of carbonyl (C=O) groups excluding carboxylic acids is 1. The summed E-state index contributed by atoms with van der Waals surface area (Å²) >= 11 is 5.94. The van der Waals surface area contributed by atoms with Crippen LogP contribution in [0.3, 0.4) is 0 Å². The van der Waals surface area contributed by atoms with Crippen molar-refractivity contribution < 1.29 is 9.53 Å². The molecule has 0 aliphatic heterocycles. The third kappa shape index (κ3) is 3.99. The second-order valence-electron chi connectivity index (χ2n) is 3.98. The molecule has 0 saturated heterocycles. The number of benzene rings is 1. The molecular formula is C13H14ClN3O2. The predicted octanol–water partition coefficient (Wildman–Crippen LogP) is 2.48. The molecule has 1 N–H and O–H groups in total. The molecule has 1 aromatic heterocycles. The van der Waals surface area contributed by atoms with E-state index in [1.54, 1.807) is 36.3 Å². The third-order valence-electron chi connectivity index (χ3n) is 2.41. The van der Waals surface area contributed by atoms with Gasteiger partial charge >= 0.3 is 0 Å². The first-order valence-corrected chi connectivity index (χ1v) is 6.19. The maximum atomic E-state index is 11.6. The highest BCUT2D eigenvalue weighted by molar-refractivity contribution is 6.32. The number of halogens is 1. The Balaban J connectivity index is 1.77. The minimum atomic E-state index is -0.125. The van der Waals surface area contributed by atoms with Gasteiger partial charge in [0.2, 0.25) is 5.91 Å². The molecule has 100 valence electrons. The van der Waals surface area contributed by atoms with Crippen LogP contribution in [0.4, 0.5) is 5.69 Å². The van der Waals surface area contributed by atoms with Crippen LogP contribution in [0, 0.1) is 0 Å². The molecule has 0 aliphatic carbocycles. The Morgan fingerprint density at radius 2 is 2.26 bits per heavy atom. The number of aromatic nitrogens is 2. The third-order valence-corrected chi connectivity index (χ3v) is 2.72. The molecule has 1 aromatic carbocycles. The van der Waals surface area contributed by atoms with Crippen molar-refractivity contribution in [2.24, 2.45) is 7.05 Å². The first-order valence-electron chi connectivity index (χ1n) is 5.81. The van der Waals surface area contributed by atoms with Crippen molar-refractivity contribution in [1.82, 2.24) is 9.78 Å². The molecular weight excluding hydrogens is 266 g/mol. The quantitative estimate of drug-likeness (QED) is 0.915. The zero-order valence-corrected chi connectivity index (χ0v) is 11.2. The predicted molar refractivity (Wildman–Crippen MR) is 73.4 cm³/mol. The number of nitrogens with one attached hydrogen (secondary N) is 1. The highest BCUT2D eigenvalue weighted by Gasteiger charge is 2.05. The van der Waals surface area contributed by atoms with Gasteiger partial charge in [0.25, 0.3) is 0 Å². The van der Waals surface area contributed by atoms with Crippen LogP contribution in [-0.2, 0) is 11.8 Å².